The van der Waals surface area contributed by atoms with Gasteiger partial charge in [0.1, 0.15) is 6.10 Å². The second kappa shape index (κ2) is 6.45. The van der Waals surface area contributed by atoms with Gasteiger partial charge < -0.3 is 14.2 Å². The highest BCUT2D eigenvalue weighted by Crippen LogP contribution is 2.31. The number of carbonyl (C=O) groups is 1. The number of likely N-dealkylation sites (N-methyl/N-ethyl adjacent to an activating group) is 1. The summed E-state index contributed by atoms with van der Waals surface area (Å²) >= 11 is 0. The Hall–Kier alpha value is -1.59. The maximum Gasteiger partial charge on any atom is 0.193 e. The highest BCUT2D eigenvalue weighted by Gasteiger charge is 2.27. The molecule has 0 amide bonds. The summed E-state index contributed by atoms with van der Waals surface area (Å²) < 4.78 is 16.9. The molecule has 1 unspecified atom stereocenters. The lowest BCUT2D eigenvalue weighted by molar-refractivity contribution is -0.0148. The molecule has 3 rings (SSSR count). The van der Waals surface area contributed by atoms with Crippen LogP contribution >= 0.6 is 0 Å². The number of nitrogens with zero attached hydrogens (tertiary/aromatic N) is 1. The first kappa shape index (κ1) is 14.4. The number of benzene rings is 1. The van der Waals surface area contributed by atoms with E-state index in [0.717, 1.165) is 19.5 Å². The molecule has 0 bridgehead atoms. The maximum atomic E-state index is 12.6. The lowest BCUT2D eigenvalue weighted by atomic mass is 10.0. The molecule has 114 valence electrons. The van der Waals surface area contributed by atoms with E-state index in [9.17, 15) is 4.79 Å². The van der Waals surface area contributed by atoms with Crippen molar-refractivity contribution in [3.8, 4) is 11.5 Å². The largest absolute Gasteiger partial charge is 0.490 e. The number of hydrogen-bond donors (Lipinski definition) is 0. The number of morpholine rings is 1. The lowest BCUT2D eigenvalue weighted by Crippen LogP contribution is -2.45. The van der Waals surface area contributed by atoms with Gasteiger partial charge in [0.2, 0.25) is 0 Å². The average Bonchev–Trinajstić information content (AvgIpc) is 2.78. The summed E-state index contributed by atoms with van der Waals surface area (Å²) in [5, 5.41) is 0. The Balaban J connectivity index is 1.76. The minimum absolute atomic E-state index is 0.0174. The SMILES string of the molecule is CCN1CCOC(C(=O)c2ccc3c(c2)OCCCO3)C1. The first-order valence-corrected chi connectivity index (χ1v) is 7.55. The molecule has 5 heteroatoms. The van der Waals surface area contributed by atoms with Crippen LogP contribution in [0.4, 0.5) is 0 Å². The predicted octanol–water partition coefficient (Wildman–Crippen LogP) is 1.75. The van der Waals surface area contributed by atoms with Crippen LogP contribution in [0.1, 0.15) is 23.7 Å². The number of rotatable bonds is 3. The number of ether oxygens (including phenoxy) is 3. The third-order valence-electron chi connectivity index (χ3n) is 3.92. The van der Waals surface area contributed by atoms with Crippen molar-refractivity contribution in [1.29, 1.82) is 0 Å². The second-order valence-electron chi connectivity index (χ2n) is 5.33. The summed E-state index contributed by atoms with van der Waals surface area (Å²) in [5.41, 5.74) is 0.627. The van der Waals surface area contributed by atoms with Gasteiger partial charge in [-0.25, -0.2) is 0 Å². The van der Waals surface area contributed by atoms with E-state index in [0.29, 0.717) is 43.4 Å². The first-order valence-electron chi connectivity index (χ1n) is 7.55. The van der Waals surface area contributed by atoms with E-state index < -0.39 is 0 Å². The molecular formula is C16H21NO4. The van der Waals surface area contributed by atoms with Gasteiger partial charge in [0.05, 0.1) is 19.8 Å². The summed E-state index contributed by atoms with van der Waals surface area (Å²) in [6.07, 6.45) is 0.471. The molecular weight excluding hydrogens is 270 g/mol. The van der Waals surface area contributed by atoms with E-state index in [2.05, 4.69) is 11.8 Å². The van der Waals surface area contributed by atoms with Crippen LogP contribution in [-0.2, 0) is 4.74 Å². The van der Waals surface area contributed by atoms with Gasteiger partial charge in [-0.15, -0.1) is 0 Å². The zero-order chi connectivity index (χ0) is 14.7. The van der Waals surface area contributed by atoms with Gasteiger partial charge in [-0.1, -0.05) is 6.92 Å². The fourth-order valence-electron chi connectivity index (χ4n) is 2.65. The standard InChI is InChI=1S/C16H21NO4/c1-2-17-6-9-21-15(11-17)16(18)12-4-5-13-14(10-12)20-8-3-7-19-13/h4-5,10,15H,2-3,6-9,11H2,1H3. The minimum Gasteiger partial charge on any atom is -0.490 e. The summed E-state index contributed by atoms with van der Waals surface area (Å²) in [4.78, 5) is 14.8. The Morgan fingerprint density at radius 1 is 1.24 bits per heavy atom. The van der Waals surface area contributed by atoms with Crippen LogP contribution in [0.2, 0.25) is 0 Å². The topological polar surface area (TPSA) is 48.0 Å². The molecule has 0 spiro atoms. The van der Waals surface area contributed by atoms with Crippen molar-refractivity contribution in [1.82, 2.24) is 4.90 Å². The van der Waals surface area contributed by atoms with Crippen LogP contribution in [0.5, 0.6) is 11.5 Å². The smallest absolute Gasteiger partial charge is 0.193 e. The van der Waals surface area contributed by atoms with E-state index >= 15 is 0 Å². The van der Waals surface area contributed by atoms with Gasteiger partial charge in [0.25, 0.3) is 0 Å². The highest BCUT2D eigenvalue weighted by molar-refractivity contribution is 6.00. The molecule has 1 aromatic carbocycles. The monoisotopic (exact) mass is 291 g/mol. The molecule has 1 aromatic rings. The molecule has 1 fully saturated rings. The molecule has 2 aliphatic rings. The molecule has 1 atom stereocenters. The van der Waals surface area contributed by atoms with Crippen LogP contribution in [0, 0.1) is 0 Å². The van der Waals surface area contributed by atoms with Crippen molar-refractivity contribution in [2.24, 2.45) is 0 Å². The number of ketones is 1. The van der Waals surface area contributed by atoms with E-state index in [1.165, 1.54) is 0 Å². The van der Waals surface area contributed by atoms with Gasteiger partial charge in [0.15, 0.2) is 17.3 Å². The lowest BCUT2D eigenvalue weighted by Gasteiger charge is -2.31. The van der Waals surface area contributed by atoms with Crippen molar-refractivity contribution in [2.45, 2.75) is 19.4 Å². The molecule has 0 aromatic heterocycles. The number of fused-ring (bicyclic) bond motifs is 1. The van der Waals surface area contributed by atoms with Crippen LogP contribution in [0.25, 0.3) is 0 Å². The van der Waals surface area contributed by atoms with Gasteiger partial charge in [-0.2, -0.15) is 0 Å². The van der Waals surface area contributed by atoms with Crippen LogP contribution < -0.4 is 9.47 Å². The first-order chi connectivity index (χ1) is 10.3. The summed E-state index contributed by atoms with van der Waals surface area (Å²) in [6.45, 7) is 6.46. The van der Waals surface area contributed by atoms with Crippen LogP contribution in [0.15, 0.2) is 18.2 Å². The van der Waals surface area contributed by atoms with Crippen LogP contribution in [-0.4, -0.2) is 56.2 Å². The van der Waals surface area contributed by atoms with Gasteiger partial charge in [-0.3, -0.25) is 9.69 Å². The van der Waals surface area contributed by atoms with Crippen LogP contribution in [0.3, 0.4) is 0 Å². The Morgan fingerprint density at radius 2 is 2.05 bits per heavy atom. The van der Waals surface area contributed by atoms with E-state index in [1.54, 1.807) is 12.1 Å². The fraction of sp³-hybridized carbons (Fsp3) is 0.562. The van der Waals surface area contributed by atoms with Crippen molar-refractivity contribution in [3.05, 3.63) is 23.8 Å². The number of hydrogen-bond acceptors (Lipinski definition) is 5. The minimum atomic E-state index is -0.386. The molecule has 2 aliphatic heterocycles. The van der Waals surface area contributed by atoms with Gasteiger partial charge in [0, 0.05) is 25.1 Å². The highest BCUT2D eigenvalue weighted by atomic mass is 16.5. The van der Waals surface area contributed by atoms with E-state index in [-0.39, 0.29) is 11.9 Å². The molecule has 21 heavy (non-hydrogen) atoms. The Kier molecular flexibility index (Phi) is 4.41. The summed E-state index contributed by atoms with van der Waals surface area (Å²) in [7, 11) is 0. The Labute approximate surface area is 124 Å². The summed E-state index contributed by atoms with van der Waals surface area (Å²) in [5.74, 6) is 1.38. The number of Topliss-reactive ketones (excluding diaryl/α,β-unsaturated/α-hetero) is 1. The van der Waals surface area contributed by atoms with E-state index in [1.807, 2.05) is 6.07 Å². The van der Waals surface area contributed by atoms with Crippen molar-refractivity contribution in [2.75, 3.05) is 39.5 Å². The third kappa shape index (κ3) is 3.19. The molecule has 1 saturated heterocycles. The molecule has 0 N–H and O–H groups in total. The van der Waals surface area contributed by atoms with Crippen molar-refractivity contribution in [3.63, 3.8) is 0 Å². The second-order valence-corrected chi connectivity index (χ2v) is 5.33. The normalized spacial score (nSPS) is 22.6. The Morgan fingerprint density at radius 3 is 2.86 bits per heavy atom. The molecule has 0 radical (unpaired) electrons. The average molecular weight is 291 g/mol. The Bertz CT molecular complexity index is 517. The number of carbonyl (C=O) groups excluding carboxylic acids is 1. The van der Waals surface area contributed by atoms with Gasteiger partial charge in [-0.05, 0) is 24.7 Å². The fourth-order valence-corrected chi connectivity index (χ4v) is 2.65. The molecule has 0 saturated carbocycles. The quantitative estimate of drug-likeness (QED) is 0.794. The van der Waals surface area contributed by atoms with Crippen molar-refractivity contribution >= 4 is 5.78 Å². The zero-order valence-corrected chi connectivity index (χ0v) is 12.3. The molecule has 2 heterocycles. The molecule has 0 aliphatic carbocycles. The third-order valence-corrected chi connectivity index (χ3v) is 3.92. The van der Waals surface area contributed by atoms with E-state index in [4.69, 9.17) is 14.2 Å². The summed E-state index contributed by atoms with van der Waals surface area (Å²) in [6, 6.07) is 5.38. The molecule has 5 nitrogen and oxygen atoms in total. The van der Waals surface area contributed by atoms with Crippen molar-refractivity contribution < 1.29 is 19.0 Å². The van der Waals surface area contributed by atoms with Gasteiger partial charge >= 0.3 is 0 Å². The predicted molar refractivity (Wildman–Crippen MR) is 78.2 cm³/mol. The zero-order valence-electron chi connectivity index (χ0n) is 12.3. The maximum absolute atomic E-state index is 12.6.